The number of benzene rings is 1. The van der Waals surface area contributed by atoms with Crippen LogP contribution in [0.25, 0.3) is 0 Å². The maximum absolute atomic E-state index is 12.1. The predicted octanol–water partition coefficient (Wildman–Crippen LogP) is 2.32. The van der Waals surface area contributed by atoms with Gasteiger partial charge in [0.1, 0.15) is 5.84 Å². The molecule has 3 N–H and O–H groups in total. The minimum absolute atomic E-state index is 0.116. The summed E-state index contributed by atoms with van der Waals surface area (Å²) in [4.78, 5) is 19.7. The van der Waals surface area contributed by atoms with Gasteiger partial charge in [0.05, 0.1) is 21.3 Å². The lowest BCUT2D eigenvalue weighted by molar-refractivity contribution is 0.0976. The van der Waals surface area contributed by atoms with Crippen LogP contribution in [-0.2, 0) is 0 Å². The SMILES string of the molecule is Nc1ncc(C(=O)NC2=NN(c3ccc(Cl)c(Cl)c3)CC2)cn1. The molecule has 3 rings (SSSR count). The van der Waals surface area contributed by atoms with Gasteiger partial charge in [0, 0.05) is 25.4 Å². The summed E-state index contributed by atoms with van der Waals surface area (Å²) >= 11 is 11.9. The van der Waals surface area contributed by atoms with Crippen molar-refractivity contribution in [2.75, 3.05) is 17.3 Å². The quantitative estimate of drug-likeness (QED) is 0.866. The average molecular weight is 351 g/mol. The number of halogens is 2. The molecule has 0 saturated heterocycles. The van der Waals surface area contributed by atoms with Crippen molar-refractivity contribution in [1.29, 1.82) is 0 Å². The molecule has 2 heterocycles. The minimum Gasteiger partial charge on any atom is -0.368 e. The maximum Gasteiger partial charge on any atom is 0.259 e. The first-order chi connectivity index (χ1) is 11.0. The van der Waals surface area contributed by atoms with Crippen LogP contribution in [0.15, 0.2) is 35.7 Å². The Kier molecular flexibility index (Phi) is 4.31. The average Bonchev–Trinajstić information content (AvgIpc) is 2.99. The standard InChI is InChI=1S/C14H12Cl2N6O/c15-10-2-1-9(5-11(10)16)22-4-3-12(21-22)20-13(23)8-6-18-14(17)19-7-8/h1-2,5-7H,3-4H2,(H2,17,18,19)(H,20,21,23). The monoisotopic (exact) mass is 350 g/mol. The van der Waals surface area contributed by atoms with Crippen molar-refractivity contribution < 1.29 is 4.79 Å². The molecule has 2 aromatic rings. The second-order valence-electron chi connectivity index (χ2n) is 4.80. The van der Waals surface area contributed by atoms with Crippen LogP contribution in [0.1, 0.15) is 16.8 Å². The number of carbonyl (C=O) groups is 1. The van der Waals surface area contributed by atoms with E-state index in [9.17, 15) is 4.79 Å². The molecule has 0 radical (unpaired) electrons. The van der Waals surface area contributed by atoms with Crippen LogP contribution in [-0.4, -0.2) is 28.3 Å². The number of hydrogen-bond acceptors (Lipinski definition) is 6. The molecule has 0 unspecified atom stereocenters. The number of amidine groups is 1. The smallest absolute Gasteiger partial charge is 0.259 e. The van der Waals surface area contributed by atoms with Gasteiger partial charge in [0.15, 0.2) is 0 Å². The van der Waals surface area contributed by atoms with Crippen LogP contribution in [0.3, 0.4) is 0 Å². The second kappa shape index (κ2) is 6.39. The van der Waals surface area contributed by atoms with Crippen molar-refractivity contribution in [3.05, 3.63) is 46.2 Å². The summed E-state index contributed by atoms with van der Waals surface area (Å²) in [6.45, 7) is 0.631. The van der Waals surface area contributed by atoms with E-state index in [1.54, 1.807) is 17.1 Å². The topological polar surface area (TPSA) is 96.5 Å². The number of nitrogen functional groups attached to an aromatic ring is 1. The van der Waals surface area contributed by atoms with Gasteiger partial charge < -0.3 is 11.1 Å². The largest absolute Gasteiger partial charge is 0.368 e. The minimum atomic E-state index is -0.334. The molecule has 1 aliphatic heterocycles. The Balaban J connectivity index is 1.71. The zero-order valence-corrected chi connectivity index (χ0v) is 13.3. The molecular weight excluding hydrogens is 339 g/mol. The molecule has 0 atom stereocenters. The first kappa shape index (κ1) is 15.5. The van der Waals surface area contributed by atoms with Crippen molar-refractivity contribution in [2.24, 2.45) is 5.10 Å². The molecular formula is C14H12Cl2N6O. The van der Waals surface area contributed by atoms with Gasteiger partial charge in [-0.1, -0.05) is 23.2 Å². The molecule has 1 aliphatic rings. The fourth-order valence-electron chi connectivity index (χ4n) is 2.04. The molecule has 23 heavy (non-hydrogen) atoms. The van der Waals surface area contributed by atoms with Crippen molar-refractivity contribution in [3.8, 4) is 0 Å². The number of rotatable bonds is 2. The third kappa shape index (κ3) is 3.52. The third-order valence-corrected chi connectivity index (χ3v) is 3.93. The molecule has 1 aromatic heterocycles. The summed E-state index contributed by atoms with van der Waals surface area (Å²) in [5.41, 5.74) is 6.51. The highest BCUT2D eigenvalue weighted by atomic mass is 35.5. The van der Waals surface area contributed by atoms with Crippen molar-refractivity contribution >= 4 is 46.6 Å². The summed E-state index contributed by atoms with van der Waals surface area (Å²) in [5.74, 6) is 0.336. The predicted molar refractivity (Wildman–Crippen MR) is 89.8 cm³/mol. The van der Waals surface area contributed by atoms with Crippen LogP contribution >= 0.6 is 23.2 Å². The number of nitrogens with two attached hydrogens (primary N) is 1. The molecule has 0 bridgehead atoms. The van der Waals surface area contributed by atoms with Crippen LogP contribution in [0, 0.1) is 0 Å². The Morgan fingerprint density at radius 1 is 1.22 bits per heavy atom. The van der Waals surface area contributed by atoms with E-state index in [1.807, 2.05) is 6.07 Å². The summed E-state index contributed by atoms with van der Waals surface area (Å²) in [7, 11) is 0. The van der Waals surface area contributed by atoms with Crippen LogP contribution in [0.4, 0.5) is 11.6 Å². The van der Waals surface area contributed by atoms with Crippen molar-refractivity contribution in [1.82, 2.24) is 15.3 Å². The van der Waals surface area contributed by atoms with Gasteiger partial charge in [-0.15, -0.1) is 0 Å². The highest BCUT2D eigenvalue weighted by Gasteiger charge is 2.19. The van der Waals surface area contributed by atoms with Crippen molar-refractivity contribution in [2.45, 2.75) is 6.42 Å². The molecule has 7 nitrogen and oxygen atoms in total. The number of hydrogen-bond donors (Lipinski definition) is 2. The van der Waals surface area contributed by atoms with Gasteiger partial charge in [-0.05, 0) is 18.2 Å². The van der Waals surface area contributed by atoms with Gasteiger partial charge >= 0.3 is 0 Å². The van der Waals surface area contributed by atoms with Crippen molar-refractivity contribution in [3.63, 3.8) is 0 Å². The number of aromatic nitrogens is 2. The van der Waals surface area contributed by atoms with E-state index in [0.717, 1.165) is 5.69 Å². The Bertz CT molecular complexity index is 777. The summed E-state index contributed by atoms with van der Waals surface area (Å²) in [6, 6.07) is 5.25. The highest BCUT2D eigenvalue weighted by Crippen LogP contribution is 2.28. The Labute approximate surface area is 142 Å². The molecule has 1 aromatic carbocycles. The first-order valence-electron chi connectivity index (χ1n) is 6.72. The lowest BCUT2D eigenvalue weighted by Crippen LogP contribution is -2.29. The van der Waals surface area contributed by atoms with Gasteiger partial charge in [-0.3, -0.25) is 9.80 Å². The lowest BCUT2D eigenvalue weighted by atomic mass is 10.3. The van der Waals surface area contributed by atoms with Gasteiger partial charge in [-0.2, -0.15) is 5.10 Å². The van der Waals surface area contributed by atoms with E-state index in [-0.39, 0.29) is 11.9 Å². The number of hydrazone groups is 1. The molecule has 0 fully saturated rings. The van der Waals surface area contributed by atoms with E-state index >= 15 is 0 Å². The van der Waals surface area contributed by atoms with Gasteiger partial charge in [-0.25, -0.2) is 9.97 Å². The molecule has 9 heteroatoms. The Morgan fingerprint density at radius 2 is 1.96 bits per heavy atom. The van der Waals surface area contributed by atoms with Gasteiger partial charge in [0.25, 0.3) is 5.91 Å². The summed E-state index contributed by atoms with van der Waals surface area (Å²) in [5, 5.41) is 9.78. The number of anilines is 2. The fraction of sp³-hybridized carbons (Fsp3) is 0.143. The molecule has 0 spiro atoms. The normalized spacial score (nSPS) is 13.8. The third-order valence-electron chi connectivity index (χ3n) is 3.19. The van der Waals surface area contributed by atoms with E-state index in [4.69, 9.17) is 28.9 Å². The maximum atomic E-state index is 12.1. The second-order valence-corrected chi connectivity index (χ2v) is 5.62. The molecule has 0 saturated carbocycles. The number of nitrogens with one attached hydrogen (secondary N) is 1. The Hall–Kier alpha value is -2.38. The number of carbonyl (C=O) groups excluding carboxylic acids is 1. The number of nitrogens with zero attached hydrogens (tertiary/aromatic N) is 4. The zero-order valence-electron chi connectivity index (χ0n) is 11.8. The summed E-state index contributed by atoms with van der Waals surface area (Å²) < 4.78 is 0. The van der Waals surface area contributed by atoms with Gasteiger partial charge in [0.2, 0.25) is 5.95 Å². The number of amides is 1. The molecule has 0 aliphatic carbocycles. The molecule has 118 valence electrons. The van der Waals surface area contributed by atoms with Crippen LogP contribution in [0.5, 0.6) is 0 Å². The van der Waals surface area contributed by atoms with E-state index in [1.165, 1.54) is 12.4 Å². The van der Waals surface area contributed by atoms with Crippen LogP contribution in [0.2, 0.25) is 10.0 Å². The zero-order chi connectivity index (χ0) is 16.4. The van der Waals surface area contributed by atoms with E-state index in [0.29, 0.717) is 34.4 Å². The fourth-order valence-corrected chi connectivity index (χ4v) is 2.33. The Morgan fingerprint density at radius 3 is 2.65 bits per heavy atom. The van der Waals surface area contributed by atoms with Crippen LogP contribution < -0.4 is 16.1 Å². The summed E-state index contributed by atoms with van der Waals surface area (Å²) in [6.07, 6.45) is 3.33. The van der Waals surface area contributed by atoms with E-state index in [2.05, 4.69) is 20.4 Å². The van der Waals surface area contributed by atoms with E-state index < -0.39 is 0 Å². The highest BCUT2D eigenvalue weighted by molar-refractivity contribution is 6.42. The molecule has 1 amide bonds. The lowest BCUT2D eigenvalue weighted by Gasteiger charge is -2.13. The first-order valence-corrected chi connectivity index (χ1v) is 7.47.